The lowest BCUT2D eigenvalue weighted by atomic mass is 10.2. The highest BCUT2D eigenvalue weighted by atomic mass is 32.2. The van der Waals surface area contributed by atoms with Gasteiger partial charge in [-0.2, -0.15) is 8.42 Å². The Labute approximate surface area is 128 Å². The second-order valence-electron chi connectivity index (χ2n) is 4.76. The molecule has 0 fully saturated rings. The van der Waals surface area contributed by atoms with E-state index in [0.717, 1.165) is 4.31 Å². The number of ether oxygens (including phenoxy) is 1. The number of furan rings is 1. The fraction of sp³-hybridized carbons (Fsp3) is 0.385. The maximum absolute atomic E-state index is 12.3. The Balaban J connectivity index is 2.33. The molecular formula is C13H17N3O5S. The van der Waals surface area contributed by atoms with E-state index in [9.17, 15) is 13.2 Å². The third-order valence-corrected chi connectivity index (χ3v) is 4.29. The molecule has 0 aromatic carbocycles. The van der Waals surface area contributed by atoms with E-state index >= 15 is 0 Å². The van der Waals surface area contributed by atoms with E-state index in [1.54, 1.807) is 19.1 Å². The SMILES string of the molecule is COC[C@@H](C)NC(=O)C1=CC(c2ccco2)=NS(=O)(=O)N1C. The molecular weight excluding hydrogens is 310 g/mol. The third-order valence-electron chi connectivity index (χ3n) is 2.97. The zero-order chi connectivity index (χ0) is 16.3. The molecule has 1 aromatic heterocycles. The summed E-state index contributed by atoms with van der Waals surface area (Å²) in [5.74, 6) is -0.263. The molecule has 0 spiro atoms. The number of allylic oxidation sites excluding steroid dienone is 1. The van der Waals surface area contributed by atoms with Gasteiger partial charge in [-0.3, -0.25) is 4.79 Å². The lowest BCUT2D eigenvalue weighted by molar-refractivity contribution is -0.119. The molecule has 1 aliphatic rings. The predicted octanol–water partition coefficient (Wildman–Crippen LogP) is 0.294. The number of hydrogen-bond donors (Lipinski definition) is 1. The van der Waals surface area contributed by atoms with Crippen molar-refractivity contribution in [2.24, 2.45) is 4.40 Å². The molecule has 1 amide bonds. The van der Waals surface area contributed by atoms with Crippen LogP contribution in [0.3, 0.4) is 0 Å². The number of amides is 1. The highest BCUT2D eigenvalue weighted by molar-refractivity contribution is 7.88. The van der Waals surface area contributed by atoms with Crippen molar-refractivity contribution in [3.8, 4) is 0 Å². The van der Waals surface area contributed by atoms with Crippen molar-refractivity contribution >= 4 is 21.8 Å². The van der Waals surface area contributed by atoms with Gasteiger partial charge in [-0.25, -0.2) is 4.31 Å². The minimum atomic E-state index is -3.98. The number of likely N-dealkylation sites (N-methyl/N-ethyl adjacent to an activating group) is 1. The van der Waals surface area contributed by atoms with Gasteiger partial charge >= 0.3 is 10.2 Å². The molecule has 0 unspecified atom stereocenters. The first-order valence-electron chi connectivity index (χ1n) is 6.49. The van der Waals surface area contributed by atoms with Gasteiger partial charge in [0.1, 0.15) is 11.4 Å². The van der Waals surface area contributed by atoms with Crippen LogP contribution < -0.4 is 5.32 Å². The smallest absolute Gasteiger partial charge is 0.345 e. The van der Waals surface area contributed by atoms with E-state index in [-0.39, 0.29) is 23.2 Å². The minimum Gasteiger partial charge on any atom is -0.463 e. The van der Waals surface area contributed by atoms with Gasteiger partial charge in [0.05, 0.1) is 12.9 Å². The summed E-state index contributed by atoms with van der Waals surface area (Å²) in [7, 11) is -1.20. The maximum Gasteiger partial charge on any atom is 0.345 e. The zero-order valence-corrected chi connectivity index (χ0v) is 13.3. The van der Waals surface area contributed by atoms with Gasteiger partial charge in [-0.15, -0.1) is 4.40 Å². The number of carbonyl (C=O) groups is 1. The molecule has 0 aliphatic carbocycles. The van der Waals surface area contributed by atoms with Crippen molar-refractivity contribution in [1.82, 2.24) is 9.62 Å². The summed E-state index contributed by atoms with van der Waals surface area (Å²) in [6.45, 7) is 2.06. The quantitative estimate of drug-likeness (QED) is 0.838. The van der Waals surface area contributed by atoms with E-state index in [2.05, 4.69) is 9.71 Å². The van der Waals surface area contributed by atoms with Gasteiger partial charge in [0.2, 0.25) is 0 Å². The lowest BCUT2D eigenvalue weighted by Crippen LogP contribution is -2.42. The Morgan fingerprint density at radius 2 is 2.27 bits per heavy atom. The van der Waals surface area contributed by atoms with E-state index in [0.29, 0.717) is 6.61 Å². The molecule has 2 heterocycles. The van der Waals surface area contributed by atoms with Crippen LogP contribution in [0.2, 0.25) is 0 Å². The first-order valence-corrected chi connectivity index (χ1v) is 7.89. The van der Waals surface area contributed by atoms with Crippen molar-refractivity contribution < 1.29 is 22.4 Å². The van der Waals surface area contributed by atoms with Crippen LogP contribution in [0.15, 0.2) is 39.0 Å². The van der Waals surface area contributed by atoms with Crippen molar-refractivity contribution in [3.05, 3.63) is 35.9 Å². The van der Waals surface area contributed by atoms with Crippen LogP contribution in [-0.2, 0) is 19.7 Å². The van der Waals surface area contributed by atoms with E-state index < -0.39 is 16.1 Å². The summed E-state index contributed by atoms with van der Waals surface area (Å²) in [6, 6.07) is 2.91. The Kier molecular flexibility index (Phi) is 4.67. The van der Waals surface area contributed by atoms with Crippen molar-refractivity contribution in [2.45, 2.75) is 13.0 Å². The Morgan fingerprint density at radius 3 is 2.86 bits per heavy atom. The van der Waals surface area contributed by atoms with Crippen LogP contribution in [-0.4, -0.2) is 51.1 Å². The molecule has 22 heavy (non-hydrogen) atoms. The van der Waals surface area contributed by atoms with Crippen molar-refractivity contribution in [3.63, 3.8) is 0 Å². The topological polar surface area (TPSA) is 101 Å². The van der Waals surface area contributed by atoms with Crippen LogP contribution >= 0.6 is 0 Å². The highest BCUT2D eigenvalue weighted by Gasteiger charge is 2.31. The summed E-state index contributed by atoms with van der Waals surface area (Å²) in [5, 5.41) is 2.66. The number of carbonyl (C=O) groups excluding carboxylic acids is 1. The van der Waals surface area contributed by atoms with Crippen molar-refractivity contribution in [1.29, 1.82) is 0 Å². The molecule has 1 N–H and O–H groups in total. The van der Waals surface area contributed by atoms with Gasteiger partial charge in [0.25, 0.3) is 5.91 Å². The van der Waals surface area contributed by atoms with Gasteiger partial charge < -0.3 is 14.5 Å². The fourth-order valence-corrected chi connectivity index (χ4v) is 2.79. The molecule has 2 rings (SSSR count). The minimum absolute atomic E-state index is 0.0376. The second-order valence-corrected chi connectivity index (χ2v) is 6.38. The molecule has 8 nitrogen and oxygen atoms in total. The van der Waals surface area contributed by atoms with Crippen LogP contribution in [0, 0.1) is 0 Å². The number of nitrogens with zero attached hydrogens (tertiary/aromatic N) is 2. The van der Waals surface area contributed by atoms with Gasteiger partial charge in [-0.1, -0.05) is 0 Å². The Hall–Kier alpha value is -2.13. The molecule has 0 radical (unpaired) electrons. The van der Waals surface area contributed by atoms with Crippen LogP contribution in [0.5, 0.6) is 0 Å². The van der Waals surface area contributed by atoms with E-state index in [1.165, 1.54) is 26.5 Å². The predicted molar refractivity (Wildman–Crippen MR) is 79.5 cm³/mol. The van der Waals surface area contributed by atoms with Gasteiger partial charge in [0.15, 0.2) is 5.76 Å². The first kappa shape index (κ1) is 16.2. The van der Waals surface area contributed by atoms with Crippen molar-refractivity contribution in [2.75, 3.05) is 20.8 Å². The third kappa shape index (κ3) is 3.37. The molecule has 9 heteroatoms. The summed E-state index contributed by atoms with van der Waals surface area (Å²) in [4.78, 5) is 12.3. The van der Waals surface area contributed by atoms with Gasteiger partial charge in [0, 0.05) is 20.2 Å². The summed E-state index contributed by atoms with van der Waals surface area (Å²) in [6.07, 6.45) is 2.77. The molecule has 1 aliphatic heterocycles. The molecule has 1 aromatic rings. The fourth-order valence-electron chi connectivity index (χ4n) is 1.89. The van der Waals surface area contributed by atoms with E-state index in [1.807, 2.05) is 0 Å². The van der Waals surface area contributed by atoms with Crippen LogP contribution in [0.1, 0.15) is 12.7 Å². The monoisotopic (exact) mass is 327 g/mol. The zero-order valence-electron chi connectivity index (χ0n) is 12.4. The normalized spacial score (nSPS) is 18.4. The molecule has 120 valence electrons. The number of hydrogen-bond acceptors (Lipinski definition) is 5. The summed E-state index contributed by atoms with van der Waals surface area (Å²) < 4.78 is 38.7. The molecule has 0 bridgehead atoms. The summed E-state index contributed by atoms with van der Waals surface area (Å²) in [5.41, 5.74) is 0.0389. The average molecular weight is 327 g/mol. The van der Waals surface area contributed by atoms with Crippen LogP contribution in [0.25, 0.3) is 0 Å². The summed E-state index contributed by atoms with van der Waals surface area (Å²) >= 11 is 0. The Morgan fingerprint density at radius 1 is 1.55 bits per heavy atom. The Bertz CT molecular complexity index is 706. The average Bonchev–Trinajstić information content (AvgIpc) is 2.95. The number of nitrogens with one attached hydrogen (secondary N) is 1. The van der Waals surface area contributed by atoms with Gasteiger partial charge in [-0.05, 0) is 25.1 Å². The standard InChI is InChI=1S/C13H17N3O5S/c1-9(8-20-3)14-13(17)11-7-10(12-5-4-6-21-12)15-22(18,19)16(11)2/h4-7,9H,8H2,1-3H3,(H,14,17)/t9-/m1/s1. The van der Waals surface area contributed by atoms with E-state index in [4.69, 9.17) is 9.15 Å². The highest BCUT2D eigenvalue weighted by Crippen LogP contribution is 2.19. The largest absolute Gasteiger partial charge is 0.463 e. The second kappa shape index (κ2) is 6.32. The lowest BCUT2D eigenvalue weighted by Gasteiger charge is -2.24. The maximum atomic E-state index is 12.3. The molecule has 1 atom stereocenters. The molecule has 0 saturated carbocycles. The number of rotatable bonds is 5. The first-order chi connectivity index (χ1) is 10.3. The van der Waals surface area contributed by atoms with Crippen LogP contribution in [0.4, 0.5) is 0 Å². The molecule has 0 saturated heterocycles. The number of methoxy groups -OCH3 is 1.